The van der Waals surface area contributed by atoms with Gasteiger partial charge in [0.05, 0.1) is 0 Å². The molecule has 0 bridgehead atoms. The van der Waals surface area contributed by atoms with Crippen molar-refractivity contribution in [1.82, 2.24) is 10.3 Å². The van der Waals surface area contributed by atoms with Crippen LogP contribution in [-0.2, 0) is 6.42 Å². The molecule has 1 aliphatic carbocycles. The molecule has 2 N–H and O–H groups in total. The van der Waals surface area contributed by atoms with Crippen molar-refractivity contribution in [3.05, 3.63) is 36.0 Å². The monoisotopic (exact) mass is 242 g/mol. The van der Waals surface area contributed by atoms with Crippen molar-refractivity contribution in [3.8, 4) is 0 Å². The van der Waals surface area contributed by atoms with Crippen LogP contribution in [-0.4, -0.2) is 18.1 Å². The molecule has 1 saturated carbocycles. The fourth-order valence-electron chi connectivity index (χ4n) is 3.27. The van der Waals surface area contributed by atoms with E-state index in [9.17, 15) is 0 Å². The summed E-state index contributed by atoms with van der Waals surface area (Å²) in [4.78, 5) is 3.39. The van der Waals surface area contributed by atoms with Gasteiger partial charge in [-0.2, -0.15) is 0 Å². The predicted molar refractivity (Wildman–Crippen MR) is 76.8 cm³/mol. The van der Waals surface area contributed by atoms with Crippen LogP contribution in [0.15, 0.2) is 30.5 Å². The zero-order valence-corrected chi connectivity index (χ0v) is 11.1. The number of rotatable bonds is 3. The highest BCUT2D eigenvalue weighted by Gasteiger charge is 2.20. The molecule has 1 aliphatic rings. The molecular weight excluding hydrogens is 220 g/mol. The predicted octanol–water partition coefficient (Wildman–Crippen LogP) is 3.49. The maximum Gasteiger partial charge on any atom is 0.0456 e. The Hall–Kier alpha value is -1.28. The van der Waals surface area contributed by atoms with E-state index in [0.717, 1.165) is 12.0 Å². The van der Waals surface area contributed by atoms with Crippen molar-refractivity contribution in [2.24, 2.45) is 5.92 Å². The molecule has 0 amide bonds. The third-order valence-electron chi connectivity index (χ3n) is 4.44. The van der Waals surface area contributed by atoms with Gasteiger partial charge >= 0.3 is 0 Å². The largest absolute Gasteiger partial charge is 0.361 e. The lowest BCUT2D eigenvalue weighted by atomic mass is 9.82. The Morgan fingerprint density at radius 3 is 2.72 bits per heavy atom. The molecule has 2 nitrogen and oxygen atoms in total. The fraction of sp³-hybridized carbons (Fsp3) is 0.500. The van der Waals surface area contributed by atoms with Crippen LogP contribution in [0.2, 0.25) is 0 Å². The molecule has 0 radical (unpaired) electrons. The molecule has 18 heavy (non-hydrogen) atoms. The molecule has 0 aliphatic heterocycles. The number of H-pyrrole nitrogens is 1. The first-order chi connectivity index (χ1) is 8.86. The van der Waals surface area contributed by atoms with Crippen LogP contribution in [0, 0.1) is 5.92 Å². The van der Waals surface area contributed by atoms with Crippen LogP contribution < -0.4 is 5.32 Å². The third-order valence-corrected chi connectivity index (χ3v) is 4.44. The number of aromatic nitrogens is 1. The average Bonchev–Trinajstić information content (AvgIpc) is 2.83. The molecule has 1 fully saturated rings. The van der Waals surface area contributed by atoms with Gasteiger partial charge in [-0.3, -0.25) is 0 Å². The molecule has 0 unspecified atom stereocenters. The molecule has 1 heterocycles. The summed E-state index contributed by atoms with van der Waals surface area (Å²) in [6.45, 7) is 0. The highest BCUT2D eigenvalue weighted by Crippen LogP contribution is 2.29. The molecule has 0 atom stereocenters. The first-order valence-electron chi connectivity index (χ1n) is 7.09. The Bertz CT molecular complexity index is 507. The van der Waals surface area contributed by atoms with Gasteiger partial charge in [0.2, 0.25) is 0 Å². The summed E-state index contributed by atoms with van der Waals surface area (Å²) in [7, 11) is 2.09. The molecule has 1 aromatic carbocycles. The highest BCUT2D eigenvalue weighted by molar-refractivity contribution is 5.83. The van der Waals surface area contributed by atoms with Gasteiger partial charge in [0, 0.05) is 23.1 Å². The summed E-state index contributed by atoms with van der Waals surface area (Å²) >= 11 is 0. The second kappa shape index (κ2) is 5.15. The van der Waals surface area contributed by atoms with Crippen LogP contribution in [0.3, 0.4) is 0 Å². The molecule has 1 aromatic heterocycles. The minimum atomic E-state index is 0.754. The SMILES string of the molecule is CNC1CCC(Cc2c[nH]c3ccccc23)CC1. The number of benzene rings is 1. The van der Waals surface area contributed by atoms with Crippen molar-refractivity contribution < 1.29 is 0 Å². The van der Waals surface area contributed by atoms with Crippen LogP contribution in [0.25, 0.3) is 10.9 Å². The van der Waals surface area contributed by atoms with Gasteiger partial charge in [-0.25, -0.2) is 0 Å². The standard InChI is InChI=1S/C16H22N2/c1-17-14-8-6-12(7-9-14)10-13-11-18-16-5-3-2-4-15(13)16/h2-5,11-12,14,17-18H,6-10H2,1H3. The lowest BCUT2D eigenvalue weighted by Crippen LogP contribution is -2.30. The van der Waals surface area contributed by atoms with Crippen molar-refractivity contribution in [2.75, 3.05) is 7.05 Å². The molecule has 96 valence electrons. The molecular formula is C16H22N2. The maximum absolute atomic E-state index is 3.41. The van der Waals surface area contributed by atoms with Crippen molar-refractivity contribution in [2.45, 2.75) is 38.1 Å². The number of fused-ring (bicyclic) bond motifs is 1. The first kappa shape index (κ1) is 11.8. The summed E-state index contributed by atoms with van der Waals surface area (Å²) < 4.78 is 0. The first-order valence-corrected chi connectivity index (χ1v) is 7.09. The van der Waals surface area contributed by atoms with Crippen LogP contribution >= 0.6 is 0 Å². The Labute approximate surface area is 109 Å². The molecule has 2 aromatic rings. The Kier molecular flexibility index (Phi) is 3.37. The minimum absolute atomic E-state index is 0.754. The summed E-state index contributed by atoms with van der Waals surface area (Å²) in [5, 5.41) is 4.82. The van der Waals surface area contributed by atoms with E-state index in [1.165, 1.54) is 48.6 Å². The van der Waals surface area contributed by atoms with E-state index in [4.69, 9.17) is 0 Å². The van der Waals surface area contributed by atoms with Gasteiger partial charge < -0.3 is 10.3 Å². The van der Waals surface area contributed by atoms with Crippen molar-refractivity contribution in [3.63, 3.8) is 0 Å². The zero-order chi connectivity index (χ0) is 12.4. The number of nitrogens with one attached hydrogen (secondary N) is 2. The van der Waals surface area contributed by atoms with E-state index >= 15 is 0 Å². The summed E-state index contributed by atoms with van der Waals surface area (Å²) in [5.74, 6) is 0.869. The second-order valence-corrected chi connectivity index (χ2v) is 5.57. The van der Waals surface area contributed by atoms with Crippen LogP contribution in [0.4, 0.5) is 0 Å². The van der Waals surface area contributed by atoms with E-state index in [1.54, 1.807) is 0 Å². The smallest absolute Gasteiger partial charge is 0.0456 e. The van der Waals surface area contributed by atoms with Gasteiger partial charge in [-0.05, 0) is 56.7 Å². The van der Waals surface area contributed by atoms with E-state index in [2.05, 4.69) is 47.8 Å². The number of aromatic amines is 1. The number of para-hydroxylation sites is 1. The lowest BCUT2D eigenvalue weighted by Gasteiger charge is -2.28. The summed E-state index contributed by atoms with van der Waals surface area (Å²) in [6, 6.07) is 9.39. The molecule has 3 rings (SSSR count). The normalized spacial score (nSPS) is 24.5. The summed E-state index contributed by atoms with van der Waals surface area (Å²) in [6.07, 6.45) is 8.85. The molecule has 0 spiro atoms. The van der Waals surface area contributed by atoms with E-state index < -0.39 is 0 Å². The Morgan fingerprint density at radius 1 is 1.17 bits per heavy atom. The highest BCUT2D eigenvalue weighted by atomic mass is 14.9. The summed E-state index contributed by atoms with van der Waals surface area (Å²) in [5.41, 5.74) is 2.77. The lowest BCUT2D eigenvalue weighted by molar-refractivity contribution is 0.301. The number of hydrogen-bond donors (Lipinski definition) is 2. The Morgan fingerprint density at radius 2 is 1.94 bits per heavy atom. The van der Waals surface area contributed by atoms with E-state index in [-0.39, 0.29) is 0 Å². The van der Waals surface area contributed by atoms with Crippen LogP contribution in [0.1, 0.15) is 31.2 Å². The van der Waals surface area contributed by atoms with Crippen molar-refractivity contribution >= 4 is 10.9 Å². The second-order valence-electron chi connectivity index (χ2n) is 5.57. The van der Waals surface area contributed by atoms with Gasteiger partial charge in [0.15, 0.2) is 0 Å². The number of hydrogen-bond acceptors (Lipinski definition) is 1. The van der Waals surface area contributed by atoms with Crippen molar-refractivity contribution in [1.29, 1.82) is 0 Å². The third kappa shape index (κ3) is 2.30. The Balaban J connectivity index is 1.70. The van der Waals surface area contributed by atoms with Gasteiger partial charge in [0.1, 0.15) is 0 Å². The fourth-order valence-corrected chi connectivity index (χ4v) is 3.27. The van der Waals surface area contributed by atoms with E-state index in [0.29, 0.717) is 0 Å². The zero-order valence-electron chi connectivity index (χ0n) is 11.1. The maximum atomic E-state index is 3.41. The van der Waals surface area contributed by atoms with Gasteiger partial charge in [0.25, 0.3) is 0 Å². The average molecular weight is 242 g/mol. The van der Waals surface area contributed by atoms with Gasteiger partial charge in [-0.15, -0.1) is 0 Å². The quantitative estimate of drug-likeness (QED) is 0.847. The molecule has 2 heteroatoms. The molecule has 0 saturated heterocycles. The topological polar surface area (TPSA) is 27.8 Å². The minimum Gasteiger partial charge on any atom is -0.361 e. The van der Waals surface area contributed by atoms with Gasteiger partial charge in [-0.1, -0.05) is 18.2 Å². The van der Waals surface area contributed by atoms with Crippen LogP contribution in [0.5, 0.6) is 0 Å². The van der Waals surface area contributed by atoms with E-state index in [1.807, 2.05) is 0 Å².